The van der Waals surface area contributed by atoms with Gasteiger partial charge in [-0.1, -0.05) is 55.3 Å². The molecule has 1 saturated carbocycles. The smallest absolute Gasteiger partial charge is 0.244 e. The van der Waals surface area contributed by atoms with E-state index in [9.17, 15) is 16.8 Å². The number of nitrogens with zero attached hydrogens (tertiary/aromatic N) is 2. The second-order valence-electron chi connectivity index (χ2n) is 7.96. The van der Waals surface area contributed by atoms with Crippen LogP contribution in [0.15, 0.2) is 70.6 Å². The van der Waals surface area contributed by atoms with Crippen molar-refractivity contribution >= 4 is 20.0 Å². The largest absolute Gasteiger partial charge is 0.268 e. The van der Waals surface area contributed by atoms with E-state index in [1.54, 1.807) is 23.0 Å². The normalized spacial score (nSPS) is 15.3. The lowest BCUT2D eigenvalue weighted by molar-refractivity contribution is 0.467. The van der Waals surface area contributed by atoms with Crippen molar-refractivity contribution in [1.29, 1.82) is 0 Å². The summed E-state index contributed by atoms with van der Waals surface area (Å²) in [6.07, 6.45) is 6.28. The molecule has 1 aliphatic carbocycles. The third kappa shape index (κ3) is 5.09. The first-order chi connectivity index (χ1) is 15.2. The van der Waals surface area contributed by atoms with Gasteiger partial charge < -0.3 is 0 Å². The van der Waals surface area contributed by atoms with Crippen molar-refractivity contribution in [1.82, 2.24) is 14.5 Å². The minimum Gasteiger partial charge on any atom is -0.268 e. The molecule has 8 nitrogen and oxygen atoms in total. The first kappa shape index (κ1) is 22.7. The molecule has 0 unspecified atom stereocenters. The van der Waals surface area contributed by atoms with Crippen molar-refractivity contribution in [2.24, 2.45) is 5.14 Å². The molecule has 2 aromatic carbocycles. The van der Waals surface area contributed by atoms with Crippen molar-refractivity contribution < 1.29 is 16.8 Å². The van der Waals surface area contributed by atoms with Gasteiger partial charge in [0, 0.05) is 18.3 Å². The number of sulfonamides is 2. The van der Waals surface area contributed by atoms with Gasteiger partial charge in [-0.25, -0.2) is 26.7 Å². The fourth-order valence-corrected chi connectivity index (χ4v) is 5.68. The molecule has 1 fully saturated rings. The molecule has 0 spiro atoms. The molecule has 10 heteroatoms. The quantitative estimate of drug-likeness (QED) is 0.519. The molecule has 170 valence electrons. The molecular formula is C22H26N4O4S2. The van der Waals surface area contributed by atoms with E-state index in [1.807, 2.05) is 30.3 Å². The SMILES string of the molecule is NS(=O)(=O)c1ccc(CCNS(=O)(=O)c2cn(C3CCCC3)nc2-c2ccccc2)cc1. The molecule has 32 heavy (non-hydrogen) atoms. The van der Waals surface area contributed by atoms with Crippen LogP contribution in [0.3, 0.4) is 0 Å². The highest BCUT2D eigenvalue weighted by Gasteiger charge is 2.26. The number of benzene rings is 2. The first-order valence-electron chi connectivity index (χ1n) is 10.5. The highest BCUT2D eigenvalue weighted by atomic mass is 32.2. The maximum atomic E-state index is 13.2. The van der Waals surface area contributed by atoms with Gasteiger partial charge in [0.25, 0.3) is 0 Å². The predicted octanol–water partition coefficient (Wildman–Crippen LogP) is 2.83. The van der Waals surface area contributed by atoms with Gasteiger partial charge in [-0.05, 0) is 37.0 Å². The van der Waals surface area contributed by atoms with Gasteiger partial charge in [0.2, 0.25) is 20.0 Å². The number of rotatable bonds is 8. The summed E-state index contributed by atoms with van der Waals surface area (Å²) in [4.78, 5) is 0.189. The maximum absolute atomic E-state index is 13.2. The number of hydrogen-bond donors (Lipinski definition) is 2. The van der Waals surface area contributed by atoms with Crippen LogP contribution >= 0.6 is 0 Å². The summed E-state index contributed by atoms with van der Waals surface area (Å²) >= 11 is 0. The van der Waals surface area contributed by atoms with Crippen LogP contribution in [0, 0.1) is 0 Å². The summed E-state index contributed by atoms with van der Waals surface area (Å²) in [5, 5.41) is 9.77. The minimum atomic E-state index is -3.80. The Morgan fingerprint density at radius 3 is 2.25 bits per heavy atom. The van der Waals surface area contributed by atoms with E-state index in [2.05, 4.69) is 9.82 Å². The number of aromatic nitrogens is 2. The molecule has 4 rings (SSSR count). The van der Waals surface area contributed by atoms with Crippen molar-refractivity contribution in [2.45, 2.75) is 47.9 Å². The second-order valence-corrected chi connectivity index (χ2v) is 11.3. The van der Waals surface area contributed by atoms with E-state index >= 15 is 0 Å². The zero-order valence-corrected chi connectivity index (χ0v) is 19.1. The second kappa shape index (κ2) is 9.14. The Morgan fingerprint density at radius 1 is 0.969 bits per heavy atom. The third-order valence-corrected chi connectivity index (χ3v) is 8.08. The van der Waals surface area contributed by atoms with Crippen LogP contribution in [0.4, 0.5) is 0 Å². The average molecular weight is 475 g/mol. The van der Waals surface area contributed by atoms with Gasteiger partial charge in [0.15, 0.2) is 0 Å². The Balaban J connectivity index is 1.53. The van der Waals surface area contributed by atoms with Crippen LogP contribution in [0.5, 0.6) is 0 Å². The molecular weight excluding hydrogens is 448 g/mol. The van der Waals surface area contributed by atoms with E-state index in [-0.39, 0.29) is 22.4 Å². The Kier molecular flexibility index (Phi) is 6.47. The molecule has 0 atom stereocenters. The van der Waals surface area contributed by atoms with Gasteiger partial charge in [-0.3, -0.25) is 4.68 Å². The lowest BCUT2D eigenvalue weighted by Crippen LogP contribution is -2.26. The van der Waals surface area contributed by atoms with E-state index in [0.29, 0.717) is 12.1 Å². The van der Waals surface area contributed by atoms with Gasteiger partial charge >= 0.3 is 0 Å². The highest BCUT2D eigenvalue weighted by molar-refractivity contribution is 7.89. The summed E-state index contributed by atoms with van der Waals surface area (Å²) in [5.41, 5.74) is 2.00. The number of primary sulfonamides is 1. The lowest BCUT2D eigenvalue weighted by Gasteiger charge is -2.08. The summed E-state index contributed by atoms with van der Waals surface area (Å²) < 4.78 is 53.5. The van der Waals surface area contributed by atoms with Crippen molar-refractivity contribution in [3.63, 3.8) is 0 Å². The molecule has 0 amide bonds. The van der Waals surface area contributed by atoms with Crippen LogP contribution in [0.2, 0.25) is 0 Å². The monoisotopic (exact) mass is 474 g/mol. The van der Waals surface area contributed by atoms with Gasteiger partial charge in [0.05, 0.1) is 10.9 Å². The first-order valence-corrected chi connectivity index (χ1v) is 13.5. The van der Waals surface area contributed by atoms with Crippen molar-refractivity contribution in [3.8, 4) is 11.3 Å². The van der Waals surface area contributed by atoms with Gasteiger partial charge in [-0.15, -0.1) is 0 Å². The van der Waals surface area contributed by atoms with E-state index in [4.69, 9.17) is 5.14 Å². The summed E-state index contributed by atoms with van der Waals surface area (Å²) in [7, 11) is -7.55. The topological polar surface area (TPSA) is 124 Å². The predicted molar refractivity (Wildman–Crippen MR) is 122 cm³/mol. The van der Waals surface area contributed by atoms with Crippen LogP contribution < -0.4 is 9.86 Å². The lowest BCUT2D eigenvalue weighted by atomic mass is 10.2. The Hall–Kier alpha value is -2.53. The van der Waals surface area contributed by atoms with Crippen molar-refractivity contribution in [3.05, 3.63) is 66.4 Å². The summed E-state index contributed by atoms with van der Waals surface area (Å²) in [6.45, 7) is 0.167. The van der Waals surface area contributed by atoms with Crippen LogP contribution in [-0.2, 0) is 26.5 Å². The zero-order chi connectivity index (χ0) is 22.8. The maximum Gasteiger partial charge on any atom is 0.244 e. The molecule has 0 aliphatic heterocycles. The Morgan fingerprint density at radius 2 is 1.62 bits per heavy atom. The van der Waals surface area contributed by atoms with Crippen LogP contribution in [0.1, 0.15) is 37.3 Å². The highest BCUT2D eigenvalue weighted by Crippen LogP contribution is 2.33. The summed E-state index contributed by atoms with van der Waals surface area (Å²) in [5.74, 6) is 0. The van der Waals surface area contributed by atoms with E-state index in [1.165, 1.54) is 12.1 Å². The fraction of sp³-hybridized carbons (Fsp3) is 0.318. The molecule has 1 aromatic heterocycles. The number of nitrogens with one attached hydrogen (secondary N) is 1. The van der Waals surface area contributed by atoms with E-state index < -0.39 is 20.0 Å². The van der Waals surface area contributed by atoms with E-state index in [0.717, 1.165) is 36.8 Å². The fourth-order valence-electron chi connectivity index (χ4n) is 3.98. The molecule has 0 saturated heterocycles. The molecule has 1 heterocycles. The minimum absolute atomic E-state index is 0.0219. The van der Waals surface area contributed by atoms with Crippen LogP contribution in [-0.4, -0.2) is 33.2 Å². The van der Waals surface area contributed by atoms with Gasteiger partial charge in [-0.2, -0.15) is 5.10 Å². The zero-order valence-electron chi connectivity index (χ0n) is 17.5. The van der Waals surface area contributed by atoms with Crippen LogP contribution in [0.25, 0.3) is 11.3 Å². The Bertz CT molecular complexity index is 1280. The Labute approximate surface area is 188 Å². The number of hydrogen-bond acceptors (Lipinski definition) is 5. The standard InChI is InChI=1S/C22H26N4O4S2/c23-31(27,28)20-12-10-17(11-13-20)14-15-24-32(29,30)21-16-26(19-8-4-5-9-19)25-22(21)18-6-2-1-3-7-18/h1-3,6-7,10-13,16,19,24H,4-5,8-9,14-15H2,(H2,23,27,28). The molecule has 0 bridgehead atoms. The molecule has 1 aliphatic rings. The molecule has 3 N–H and O–H groups in total. The number of nitrogens with two attached hydrogens (primary N) is 1. The average Bonchev–Trinajstić information content (AvgIpc) is 3.44. The molecule has 0 radical (unpaired) electrons. The van der Waals surface area contributed by atoms with Gasteiger partial charge in [0.1, 0.15) is 10.6 Å². The molecule has 3 aromatic rings. The summed E-state index contributed by atoms with van der Waals surface area (Å²) in [6, 6.07) is 15.6. The third-order valence-electron chi connectivity index (χ3n) is 5.69. The van der Waals surface area contributed by atoms with Crippen molar-refractivity contribution in [2.75, 3.05) is 6.54 Å².